The molecule has 1 aliphatic carbocycles. The fraction of sp³-hybridized carbons (Fsp3) is 0.700. The van der Waals surface area contributed by atoms with Crippen LogP contribution in [0, 0.1) is 5.41 Å². The Kier molecular flexibility index (Phi) is 5.46. The van der Waals surface area contributed by atoms with Gasteiger partial charge in [0.25, 0.3) is 0 Å². The minimum atomic E-state index is 0.455. The number of hydrogen-bond acceptors (Lipinski definition) is 1. The number of rotatable bonds is 4. The Morgan fingerprint density at radius 3 is 2.73 bits per heavy atom. The Morgan fingerprint density at radius 1 is 1.14 bits per heavy atom. The molecule has 0 radical (unpaired) electrons. The highest BCUT2D eigenvalue weighted by Gasteiger charge is 2.28. The Labute approximate surface area is 140 Å². The summed E-state index contributed by atoms with van der Waals surface area (Å²) in [6.07, 6.45) is 13.3. The highest BCUT2D eigenvalue weighted by atomic mass is 35.5. The maximum Gasteiger partial charge on any atom is 0.0456 e. The molecule has 1 aliphatic heterocycles. The normalized spacial score (nSPS) is 25.1. The van der Waals surface area contributed by atoms with Gasteiger partial charge in [0.05, 0.1) is 0 Å². The van der Waals surface area contributed by atoms with E-state index in [4.69, 9.17) is 11.6 Å². The van der Waals surface area contributed by atoms with Crippen molar-refractivity contribution in [1.82, 2.24) is 5.32 Å². The van der Waals surface area contributed by atoms with E-state index in [1.54, 1.807) is 0 Å². The molecule has 1 aromatic carbocycles. The van der Waals surface area contributed by atoms with E-state index in [0.717, 1.165) is 11.6 Å². The largest absolute Gasteiger partial charge is 0.310 e. The van der Waals surface area contributed by atoms with E-state index in [-0.39, 0.29) is 0 Å². The number of hydrogen-bond donors (Lipinski definition) is 1. The van der Waals surface area contributed by atoms with Gasteiger partial charge in [0.15, 0.2) is 0 Å². The summed E-state index contributed by atoms with van der Waals surface area (Å²) in [6, 6.07) is 7.27. The third-order valence-corrected chi connectivity index (χ3v) is 6.16. The van der Waals surface area contributed by atoms with Crippen molar-refractivity contribution < 1.29 is 0 Å². The Hall–Kier alpha value is -0.530. The fourth-order valence-electron chi connectivity index (χ4n) is 4.23. The molecule has 0 aromatic heterocycles. The molecule has 0 bridgehead atoms. The first-order chi connectivity index (χ1) is 10.7. The van der Waals surface area contributed by atoms with Crippen LogP contribution in [0.5, 0.6) is 0 Å². The van der Waals surface area contributed by atoms with E-state index in [9.17, 15) is 0 Å². The number of aryl methyl sites for hydroxylation is 1. The second-order valence-corrected chi connectivity index (χ2v) is 8.14. The predicted molar refractivity (Wildman–Crippen MR) is 95.6 cm³/mol. The summed E-state index contributed by atoms with van der Waals surface area (Å²) in [4.78, 5) is 0. The summed E-state index contributed by atoms with van der Waals surface area (Å²) < 4.78 is 0. The minimum Gasteiger partial charge on any atom is -0.310 e. The van der Waals surface area contributed by atoms with Crippen molar-refractivity contribution >= 4 is 11.6 Å². The lowest BCUT2D eigenvalue weighted by Crippen LogP contribution is -2.20. The van der Waals surface area contributed by atoms with E-state index in [1.165, 1.54) is 75.3 Å². The van der Waals surface area contributed by atoms with Gasteiger partial charge >= 0.3 is 0 Å². The van der Waals surface area contributed by atoms with Gasteiger partial charge in [0.2, 0.25) is 0 Å². The zero-order valence-electron chi connectivity index (χ0n) is 14.0. The Balaban J connectivity index is 1.63. The fourth-order valence-corrected chi connectivity index (χ4v) is 4.56. The second-order valence-electron chi connectivity index (χ2n) is 7.73. The van der Waals surface area contributed by atoms with Gasteiger partial charge in [-0.15, -0.1) is 0 Å². The second kappa shape index (κ2) is 7.36. The molecule has 1 saturated carbocycles. The third-order valence-electron chi connectivity index (χ3n) is 5.83. The van der Waals surface area contributed by atoms with Crippen molar-refractivity contribution in [1.29, 1.82) is 0 Å². The van der Waals surface area contributed by atoms with Crippen molar-refractivity contribution in [2.24, 2.45) is 5.41 Å². The molecule has 1 saturated heterocycles. The number of halogens is 1. The van der Waals surface area contributed by atoms with Crippen LogP contribution in [0.15, 0.2) is 18.2 Å². The molecule has 1 atom stereocenters. The van der Waals surface area contributed by atoms with Gasteiger partial charge in [-0.2, -0.15) is 0 Å². The molecule has 122 valence electrons. The molecule has 0 amide bonds. The van der Waals surface area contributed by atoms with Crippen molar-refractivity contribution in [2.75, 3.05) is 6.54 Å². The predicted octanol–water partition coefficient (Wildman–Crippen LogP) is 6.06. The van der Waals surface area contributed by atoms with Crippen LogP contribution in [0.25, 0.3) is 0 Å². The maximum absolute atomic E-state index is 6.61. The van der Waals surface area contributed by atoms with Crippen molar-refractivity contribution in [3.05, 3.63) is 34.3 Å². The number of benzene rings is 1. The van der Waals surface area contributed by atoms with E-state index in [1.807, 2.05) is 0 Å². The highest BCUT2D eigenvalue weighted by Crippen LogP contribution is 2.41. The van der Waals surface area contributed by atoms with Gasteiger partial charge < -0.3 is 5.32 Å². The van der Waals surface area contributed by atoms with Crippen molar-refractivity contribution in [2.45, 2.75) is 77.2 Å². The van der Waals surface area contributed by atoms with E-state index < -0.39 is 0 Å². The molecule has 1 heterocycles. The molecule has 2 fully saturated rings. The molecule has 1 aromatic rings. The van der Waals surface area contributed by atoms with Gasteiger partial charge in [-0.05, 0) is 67.7 Å². The van der Waals surface area contributed by atoms with Crippen LogP contribution < -0.4 is 5.32 Å². The molecule has 1 nitrogen and oxygen atoms in total. The average Bonchev–Trinajstić information content (AvgIpc) is 2.77. The molecule has 22 heavy (non-hydrogen) atoms. The molecular formula is C20H30ClN. The summed E-state index contributed by atoms with van der Waals surface area (Å²) >= 11 is 6.61. The minimum absolute atomic E-state index is 0.455. The van der Waals surface area contributed by atoms with E-state index in [0.29, 0.717) is 11.5 Å². The summed E-state index contributed by atoms with van der Waals surface area (Å²) in [6.45, 7) is 3.59. The Morgan fingerprint density at radius 2 is 1.95 bits per heavy atom. The average molecular weight is 320 g/mol. The first-order valence-electron chi connectivity index (χ1n) is 9.18. The Bertz CT molecular complexity index is 482. The molecule has 0 spiro atoms. The van der Waals surface area contributed by atoms with Gasteiger partial charge in [-0.1, -0.05) is 56.3 Å². The quantitative estimate of drug-likeness (QED) is 0.711. The highest BCUT2D eigenvalue weighted by molar-refractivity contribution is 6.31. The molecule has 1 unspecified atom stereocenters. The van der Waals surface area contributed by atoms with Crippen LogP contribution >= 0.6 is 11.6 Å². The standard InChI is InChI=1S/C20H30ClN/c1-20(11-4-5-12-20)13-10-16-8-9-17(18(21)15-16)19-7-3-2-6-14-22-19/h8-9,15,19,22H,2-7,10-14H2,1H3. The molecular weight excluding hydrogens is 290 g/mol. The van der Waals surface area contributed by atoms with Crippen molar-refractivity contribution in [3.8, 4) is 0 Å². The van der Waals surface area contributed by atoms with Crippen LogP contribution in [0.1, 0.15) is 81.9 Å². The van der Waals surface area contributed by atoms with Gasteiger partial charge in [0.1, 0.15) is 0 Å². The van der Waals surface area contributed by atoms with E-state index in [2.05, 4.69) is 30.4 Å². The lowest BCUT2D eigenvalue weighted by Gasteiger charge is -2.23. The third kappa shape index (κ3) is 4.06. The van der Waals surface area contributed by atoms with Crippen LogP contribution in [0.2, 0.25) is 5.02 Å². The summed E-state index contributed by atoms with van der Waals surface area (Å²) in [5, 5.41) is 4.62. The maximum atomic E-state index is 6.61. The van der Waals surface area contributed by atoms with Crippen LogP contribution in [-0.2, 0) is 6.42 Å². The van der Waals surface area contributed by atoms with Crippen molar-refractivity contribution in [3.63, 3.8) is 0 Å². The smallest absolute Gasteiger partial charge is 0.0456 e. The monoisotopic (exact) mass is 319 g/mol. The zero-order chi connectivity index (χ0) is 15.4. The zero-order valence-corrected chi connectivity index (χ0v) is 14.7. The molecule has 2 heteroatoms. The molecule has 1 N–H and O–H groups in total. The first kappa shape index (κ1) is 16.3. The van der Waals surface area contributed by atoms with Gasteiger partial charge in [0, 0.05) is 11.1 Å². The first-order valence-corrected chi connectivity index (χ1v) is 9.56. The lowest BCUT2D eigenvalue weighted by atomic mass is 9.82. The topological polar surface area (TPSA) is 12.0 Å². The number of nitrogens with one attached hydrogen (secondary N) is 1. The molecule has 2 aliphatic rings. The summed E-state index contributed by atoms with van der Waals surface area (Å²) in [5.41, 5.74) is 3.29. The van der Waals surface area contributed by atoms with Crippen LogP contribution in [0.4, 0.5) is 0 Å². The lowest BCUT2D eigenvalue weighted by molar-refractivity contribution is 0.309. The van der Waals surface area contributed by atoms with Crippen LogP contribution in [0.3, 0.4) is 0 Å². The van der Waals surface area contributed by atoms with E-state index >= 15 is 0 Å². The van der Waals surface area contributed by atoms with Gasteiger partial charge in [-0.25, -0.2) is 0 Å². The summed E-state index contributed by atoms with van der Waals surface area (Å²) in [5.74, 6) is 0. The van der Waals surface area contributed by atoms with Gasteiger partial charge in [-0.3, -0.25) is 0 Å². The summed E-state index contributed by atoms with van der Waals surface area (Å²) in [7, 11) is 0. The molecule has 3 rings (SSSR count). The SMILES string of the molecule is CC1(CCc2ccc(C3CCCCCN3)c(Cl)c2)CCCC1. The van der Waals surface area contributed by atoms with Crippen LogP contribution in [-0.4, -0.2) is 6.54 Å².